The van der Waals surface area contributed by atoms with Crippen LogP contribution in [0.1, 0.15) is 119 Å². The first-order chi connectivity index (χ1) is 18.8. The van der Waals surface area contributed by atoms with Crippen LogP contribution in [0.5, 0.6) is 0 Å². The van der Waals surface area contributed by atoms with Gasteiger partial charge in [0.1, 0.15) is 11.5 Å². The molecule has 9 atom stereocenters. The van der Waals surface area contributed by atoms with Gasteiger partial charge in [-0.2, -0.15) is 0 Å². The second-order valence-electron chi connectivity index (χ2n) is 16.3. The summed E-state index contributed by atoms with van der Waals surface area (Å²) in [4.78, 5) is 50.3. The number of hydrogen-bond acceptors (Lipinski definition) is 5. The van der Waals surface area contributed by atoms with E-state index in [-0.39, 0.29) is 58.2 Å². The predicted octanol–water partition coefficient (Wildman–Crippen LogP) is 7.03. The van der Waals surface area contributed by atoms with Crippen molar-refractivity contribution in [3.63, 3.8) is 0 Å². The van der Waals surface area contributed by atoms with Crippen molar-refractivity contribution in [3.05, 3.63) is 11.8 Å². The Bertz CT molecular complexity index is 1200. The molecular formula is C34H50O7. The third-order valence-corrected chi connectivity index (χ3v) is 13.9. The van der Waals surface area contributed by atoms with Crippen LogP contribution >= 0.6 is 0 Å². The highest BCUT2D eigenvalue weighted by Crippen LogP contribution is 2.76. The second-order valence-corrected chi connectivity index (χ2v) is 16.3. The van der Waals surface area contributed by atoms with Gasteiger partial charge in [-0.05, 0) is 104 Å². The third kappa shape index (κ3) is 4.25. The van der Waals surface area contributed by atoms with Crippen molar-refractivity contribution in [1.29, 1.82) is 0 Å². The van der Waals surface area contributed by atoms with Crippen LogP contribution in [0.4, 0.5) is 0 Å². The summed E-state index contributed by atoms with van der Waals surface area (Å²) in [5, 5.41) is 19.1. The number of hydrogen-bond donors (Lipinski definition) is 2. The fourth-order valence-electron chi connectivity index (χ4n) is 11.2. The van der Waals surface area contributed by atoms with Gasteiger partial charge in [-0.3, -0.25) is 19.2 Å². The number of aliphatic carboxylic acids is 2. The lowest BCUT2D eigenvalue weighted by atomic mass is 9.31. The number of carboxylic acid groups (broad SMARTS) is 2. The average molecular weight is 571 g/mol. The molecular weight excluding hydrogens is 520 g/mol. The van der Waals surface area contributed by atoms with Crippen LogP contribution in [0.3, 0.4) is 0 Å². The average Bonchev–Trinajstić information content (AvgIpc) is 2.86. The molecule has 0 aromatic rings. The topological polar surface area (TPSA) is 118 Å². The molecule has 2 unspecified atom stereocenters. The van der Waals surface area contributed by atoms with E-state index in [1.807, 2.05) is 13.0 Å². The van der Waals surface area contributed by atoms with Gasteiger partial charge in [-0.15, -0.1) is 0 Å². The van der Waals surface area contributed by atoms with Gasteiger partial charge >= 0.3 is 17.9 Å². The Morgan fingerprint density at radius 2 is 1.54 bits per heavy atom. The SMILES string of the molecule is CC1(C(=O)O)CC[C@]2(C)CC[C@]3(C)[C@H](CC(=O)[C@@H]4[C@@]5(C)CC=C(OC(=O)CCC(=O)O)C(C)(C)C5CC[C@]43C)[C@H]2C1. The first-order valence-electron chi connectivity index (χ1n) is 15.7. The molecule has 0 aliphatic heterocycles. The molecule has 0 radical (unpaired) electrons. The Kier molecular flexibility index (Phi) is 6.95. The summed E-state index contributed by atoms with van der Waals surface area (Å²) in [5.74, 6) is -0.876. The molecule has 0 aromatic carbocycles. The number of fused-ring (bicyclic) bond motifs is 7. The zero-order valence-corrected chi connectivity index (χ0v) is 26.1. The standard InChI is InChI=1S/C34H50O7/c1-29(2)23-10-13-34(7)27(32(23,5)12-11-24(29)41-26(38)9-8-25(36)37)22(35)18-20-21-19-31(4,28(39)40)15-14-30(21,3)16-17-33(20,34)6/h11,20-21,23,27H,8-10,12-19H2,1-7H3,(H,36,37)(H,39,40)/t20-,21-,23?,27-,30-,31?,32+,33-,34-/m1/s1. The van der Waals surface area contributed by atoms with E-state index in [0.29, 0.717) is 37.2 Å². The Labute approximate surface area is 244 Å². The Balaban J connectivity index is 1.48. The number of ether oxygens (including phenoxy) is 1. The summed E-state index contributed by atoms with van der Waals surface area (Å²) in [6.45, 7) is 15.5. The smallest absolute Gasteiger partial charge is 0.311 e. The largest absolute Gasteiger partial charge is 0.481 e. The lowest BCUT2D eigenvalue weighted by Gasteiger charge is -2.72. The van der Waals surface area contributed by atoms with Crippen molar-refractivity contribution < 1.29 is 34.1 Å². The lowest BCUT2D eigenvalue weighted by molar-refractivity contribution is -0.229. The summed E-state index contributed by atoms with van der Waals surface area (Å²) in [6, 6.07) is 0. The molecule has 0 bridgehead atoms. The minimum atomic E-state index is -1.02. The summed E-state index contributed by atoms with van der Waals surface area (Å²) in [5.41, 5.74) is -1.67. The fourth-order valence-corrected chi connectivity index (χ4v) is 11.2. The van der Waals surface area contributed by atoms with Crippen LogP contribution in [0.15, 0.2) is 11.8 Å². The van der Waals surface area contributed by atoms with Gasteiger partial charge in [0.05, 0.1) is 18.3 Å². The number of allylic oxidation sites excluding steroid dienone is 2. The van der Waals surface area contributed by atoms with Crippen molar-refractivity contribution in [1.82, 2.24) is 0 Å². The van der Waals surface area contributed by atoms with E-state index in [1.165, 1.54) is 0 Å². The fraction of sp³-hybridized carbons (Fsp3) is 0.824. The van der Waals surface area contributed by atoms with Crippen molar-refractivity contribution in [2.75, 3.05) is 0 Å². The maximum absolute atomic E-state index is 14.5. The zero-order valence-electron chi connectivity index (χ0n) is 26.1. The monoisotopic (exact) mass is 570 g/mol. The predicted molar refractivity (Wildman–Crippen MR) is 154 cm³/mol. The summed E-state index contributed by atoms with van der Waals surface area (Å²) in [6.07, 6.45) is 9.01. The van der Waals surface area contributed by atoms with Crippen molar-refractivity contribution in [2.45, 2.75) is 119 Å². The highest BCUT2D eigenvalue weighted by molar-refractivity contribution is 5.85. The maximum Gasteiger partial charge on any atom is 0.311 e. The Morgan fingerprint density at radius 3 is 2.17 bits per heavy atom. The molecule has 0 saturated heterocycles. The van der Waals surface area contributed by atoms with E-state index in [1.54, 1.807) is 0 Å². The van der Waals surface area contributed by atoms with E-state index in [4.69, 9.17) is 9.84 Å². The van der Waals surface area contributed by atoms with E-state index < -0.39 is 28.7 Å². The number of rotatable bonds is 5. The van der Waals surface area contributed by atoms with E-state index in [0.717, 1.165) is 32.1 Å². The van der Waals surface area contributed by atoms with Crippen molar-refractivity contribution in [2.24, 2.45) is 56.2 Å². The molecule has 5 aliphatic carbocycles. The quantitative estimate of drug-likeness (QED) is 0.341. The summed E-state index contributed by atoms with van der Waals surface area (Å²) < 4.78 is 5.78. The molecule has 7 heteroatoms. The van der Waals surface area contributed by atoms with Crippen LogP contribution < -0.4 is 0 Å². The minimum absolute atomic E-state index is 0.0576. The van der Waals surface area contributed by atoms with Gasteiger partial charge in [0.15, 0.2) is 0 Å². The molecule has 4 fully saturated rings. The van der Waals surface area contributed by atoms with Crippen LogP contribution in [-0.4, -0.2) is 33.9 Å². The van der Waals surface area contributed by atoms with Crippen molar-refractivity contribution >= 4 is 23.7 Å². The molecule has 0 aromatic heterocycles. The Hall–Kier alpha value is -2.18. The van der Waals surface area contributed by atoms with E-state index in [2.05, 4.69) is 41.5 Å². The molecule has 41 heavy (non-hydrogen) atoms. The van der Waals surface area contributed by atoms with Crippen LogP contribution in [0, 0.1) is 56.2 Å². The lowest BCUT2D eigenvalue weighted by Crippen LogP contribution is -2.68. The zero-order chi connectivity index (χ0) is 30.4. The molecule has 7 nitrogen and oxygen atoms in total. The molecule has 0 amide bonds. The minimum Gasteiger partial charge on any atom is -0.481 e. The van der Waals surface area contributed by atoms with Crippen LogP contribution in [-0.2, 0) is 23.9 Å². The summed E-state index contributed by atoms with van der Waals surface area (Å²) in [7, 11) is 0. The normalized spacial score (nSPS) is 46.6. The number of Topliss-reactive ketones (excluding diaryl/α,β-unsaturated/α-hetero) is 1. The van der Waals surface area contributed by atoms with Crippen LogP contribution in [0.25, 0.3) is 0 Å². The molecule has 0 heterocycles. The maximum atomic E-state index is 14.5. The number of carboxylic acids is 2. The van der Waals surface area contributed by atoms with Gasteiger partial charge in [0.25, 0.3) is 0 Å². The van der Waals surface area contributed by atoms with Gasteiger partial charge in [-0.25, -0.2) is 0 Å². The van der Waals surface area contributed by atoms with Crippen LogP contribution in [0.2, 0.25) is 0 Å². The molecule has 5 rings (SSSR count). The molecule has 228 valence electrons. The van der Waals surface area contributed by atoms with Gasteiger partial charge in [0.2, 0.25) is 0 Å². The number of ketones is 1. The highest BCUT2D eigenvalue weighted by atomic mass is 16.5. The molecule has 5 aliphatic rings. The summed E-state index contributed by atoms with van der Waals surface area (Å²) >= 11 is 0. The van der Waals surface area contributed by atoms with Gasteiger partial charge in [0, 0.05) is 17.8 Å². The molecule has 0 spiro atoms. The number of carbonyl (C=O) groups is 4. The number of carbonyl (C=O) groups excluding carboxylic acids is 2. The molecule has 2 N–H and O–H groups in total. The second kappa shape index (κ2) is 9.41. The Morgan fingerprint density at radius 1 is 0.878 bits per heavy atom. The third-order valence-electron chi connectivity index (χ3n) is 13.9. The molecule has 4 saturated carbocycles. The highest BCUT2D eigenvalue weighted by Gasteiger charge is 2.72. The van der Waals surface area contributed by atoms with Gasteiger partial charge in [-0.1, -0.05) is 41.5 Å². The number of esters is 1. The van der Waals surface area contributed by atoms with E-state index >= 15 is 0 Å². The first kappa shape index (κ1) is 30.3. The van der Waals surface area contributed by atoms with Gasteiger partial charge < -0.3 is 14.9 Å². The van der Waals surface area contributed by atoms with E-state index in [9.17, 15) is 24.3 Å². The first-order valence-corrected chi connectivity index (χ1v) is 15.7. The van der Waals surface area contributed by atoms with Crippen molar-refractivity contribution in [3.8, 4) is 0 Å².